The number of pyridine rings is 1. The largest absolute Gasteiger partial charge is 0.497 e. The van der Waals surface area contributed by atoms with E-state index in [0.717, 1.165) is 41.7 Å². The fraction of sp³-hybridized carbons (Fsp3) is 0.333. The van der Waals surface area contributed by atoms with Gasteiger partial charge in [0.15, 0.2) is 6.10 Å². The summed E-state index contributed by atoms with van der Waals surface area (Å²) in [7, 11) is 1.65. The van der Waals surface area contributed by atoms with E-state index in [1.54, 1.807) is 37.6 Å². The molecule has 0 aliphatic carbocycles. The molecule has 3 aliphatic rings. The number of nitrogens with zero attached hydrogens (tertiary/aromatic N) is 1. The van der Waals surface area contributed by atoms with Crippen molar-refractivity contribution < 1.29 is 19.2 Å². The number of hydrogen-bond acceptors (Lipinski definition) is 4. The van der Waals surface area contributed by atoms with E-state index in [0.29, 0.717) is 22.4 Å². The molecule has 0 saturated carbocycles. The highest BCUT2D eigenvalue weighted by atomic mass is 35.5. The number of benzene rings is 2. The third-order valence-corrected chi connectivity index (χ3v) is 7.54. The normalized spacial score (nSPS) is 24.9. The Kier molecular flexibility index (Phi) is 6.09. The lowest BCUT2D eigenvalue weighted by Gasteiger charge is -2.48. The second-order valence-corrected chi connectivity index (χ2v) is 9.46. The van der Waals surface area contributed by atoms with Gasteiger partial charge in [-0.3, -0.25) is 4.98 Å². The highest BCUT2D eigenvalue weighted by Gasteiger charge is 2.47. The van der Waals surface area contributed by atoms with E-state index in [1.807, 2.05) is 24.3 Å². The molecule has 1 N–H and O–H groups in total. The van der Waals surface area contributed by atoms with Crippen LogP contribution in [0.2, 0.25) is 5.02 Å². The third-order valence-electron chi connectivity index (χ3n) is 7.29. The SMILES string of the molecule is C=C[C@H]1C[NH+]2CC[C@@H]1C[C@@H]2[C@H](OC(=O)c1ccc(Cl)cc1)c1ccnc2ccc(OC)cc12. The predicted octanol–water partition coefficient (Wildman–Crippen LogP) is 4.27. The molecule has 3 aliphatic heterocycles. The van der Waals surface area contributed by atoms with Crippen LogP contribution in [-0.4, -0.2) is 37.2 Å². The summed E-state index contributed by atoms with van der Waals surface area (Å²) in [4.78, 5) is 19.2. The van der Waals surface area contributed by atoms with Crippen molar-refractivity contribution in [2.75, 3.05) is 20.2 Å². The summed E-state index contributed by atoms with van der Waals surface area (Å²) in [6.07, 6.45) is 5.69. The Balaban J connectivity index is 1.56. The Bertz CT molecular complexity index is 1180. The molecule has 1 unspecified atom stereocenters. The number of hydrogen-bond donors (Lipinski definition) is 1. The molecule has 5 nitrogen and oxygen atoms in total. The van der Waals surface area contributed by atoms with Crippen molar-refractivity contribution in [2.45, 2.75) is 25.0 Å². The fourth-order valence-corrected chi connectivity index (χ4v) is 5.67. The summed E-state index contributed by atoms with van der Waals surface area (Å²) in [5.41, 5.74) is 2.33. The summed E-state index contributed by atoms with van der Waals surface area (Å²) in [6, 6.07) is 14.8. The van der Waals surface area contributed by atoms with Gasteiger partial charge in [-0.25, -0.2) is 4.79 Å². The van der Waals surface area contributed by atoms with E-state index in [2.05, 4.69) is 17.6 Å². The van der Waals surface area contributed by atoms with Gasteiger partial charge >= 0.3 is 5.97 Å². The number of carbonyl (C=O) groups excluding carboxylic acids is 1. The Morgan fingerprint density at radius 2 is 2.06 bits per heavy atom. The smallest absolute Gasteiger partial charge is 0.338 e. The van der Waals surface area contributed by atoms with Crippen LogP contribution >= 0.6 is 11.6 Å². The van der Waals surface area contributed by atoms with Crippen LogP contribution in [0, 0.1) is 11.8 Å². The lowest BCUT2D eigenvalue weighted by molar-refractivity contribution is -0.949. The fourth-order valence-electron chi connectivity index (χ4n) is 5.55. The van der Waals surface area contributed by atoms with Gasteiger partial charge in [-0.15, -0.1) is 6.58 Å². The zero-order valence-corrected chi connectivity index (χ0v) is 19.4. The minimum absolute atomic E-state index is 0.174. The molecule has 170 valence electrons. The second kappa shape index (κ2) is 9.16. The Labute approximate surface area is 199 Å². The van der Waals surface area contributed by atoms with Crippen molar-refractivity contribution in [3.63, 3.8) is 0 Å². The number of quaternary nitrogens is 1. The number of nitrogens with one attached hydrogen (secondary N) is 1. The monoisotopic (exact) mass is 463 g/mol. The minimum atomic E-state index is -0.394. The van der Waals surface area contributed by atoms with Crippen molar-refractivity contribution >= 4 is 28.5 Å². The van der Waals surface area contributed by atoms with E-state index >= 15 is 0 Å². The van der Waals surface area contributed by atoms with Gasteiger partial charge in [-0.2, -0.15) is 0 Å². The standard InChI is InChI=1S/C27H27ClN2O3/c1-3-17-16-30-13-11-19(17)14-25(30)26(33-27(31)18-4-6-20(28)7-5-18)22-10-12-29-24-9-8-21(32-2)15-23(22)24/h3-10,12,15,17,19,25-26H,1,11,13-14,16H2,2H3/p+1/t17-,19+,25+,26+/m0/s1. The molecule has 3 aromatic rings. The van der Waals surface area contributed by atoms with Gasteiger partial charge in [0, 0.05) is 40.9 Å². The highest BCUT2D eigenvalue weighted by Crippen LogP contribution is 2.37. The van der Waals surface area contributed by atoms with Crippen LogP contribution in [0.3, 0.4) is 0 Å². The second-order valence-electron chi connectivity index (χ2n) is 9.02. The Hall–Kier alpha value is -2.89. The molecule has 33 heavy (non-hydrogen) atoms. The maximum absolute atomic E-state index is 13.2. The van der Waals surface area contributed by atoms with Gasteiger partial charge in [0.1, 0.15) is 11.8 Å². The molecule has 0 spiro atoms. The molecule has 6 rings (SSSR count). The number of carbonyl (C=O) groups is 1. The van der Waals surface area contributed by atoms with E-state index in [-0.39, 0.29) is 12.0 Å². The number of fused-ring (bicyclic) bond motifs is 4. The first-order chi connectivity index (χ1) is 16.1. The zero-order chi connectivity index (χ0) is 22.9. The number of esters is 1. The molecule has 6 heteroatoms. The van der Waals surface area contributed by atoms with Crippen molar-refractivity contribution in [3.8, 4) is 5.75 Å². The number of halogens is 1. The molecule has 0 amide bonds. The number of rotatable bonds is 6. The molecule has 3 fully saturated rings. The maximum Gasteiger partial charge on any atom is 0.338 e. The first-order valence-electron chi connectivity index (χ1n) is 11.4. The predicted molar refractivity (Wildman–Crippen MR) is 129 cm³/mol. The minimum Gasteiger partial charge on any atom is -0.497 e. The van der Waals surface area contributed by atoms with Crippen LogP contribution in [0.15, 0.2) is 67.4 Å². The van der Waals surface area contributed by atoms with Gasteiger partial charge in [0.25, 0.3) is 0 Å². The number of methoxy groups -OCH3 is 1. The van der Waals surface area contributed by atoms with E-state index in [4.69, 9.17) is 21.1 Å². The quantitative estimate of drug-likeness (QED) is 0.438. The molecule has 3 saturated heterocycles. The van der Waals surface area contributed by atoms with Crippen molar-refractivity contribution in [1.82, 2.24) is 4.98 Å². The third kappa shape index (κ3) is 4.23. The van der Waals surface area contributed by atoms with Gasteiger partial charge in [-0.1, -0.05) is 17.7 Å². The first kappa shape index (κ1) is 21.9. The van der Waals surface area contributed by atoms with Gasteiger partial charge in [0.2, 0.25) is 0 Å². The first-order valence-corrected chi connectivity index (χ1v) is 11.8. The summed E-state index contributed by atoms with van der Waals surface area (Å²) in [6.45, 7) is 6.17. The average molecular weight is 464 g/mol. The van der Waals surface area contributed by atoms with Gasteiger partial charge < -0.3 is 14.4 Å². The maximum atomic E-state index is 13.2. The van der Waals surface area contributed by atoms with Crippen LogP contribution in [-0.2, 0) is 4.74 Å². The van der Waals surface area contributed by atoms with Gasteiger partial charge in [-0.05, 0) is 54.4 Å². The summed E-state index contributed by atoms with van der Waals surface area (Å²) >= 11 is 6.02. The number of ether oxygens (including phenoxy) is 2. The van der Waals surface area contributed by atoms with Crippen molar-refractivity contribution in [3.05, 3.63) is 83.5 Å². The number of aromatic nitrogens is 1. The highest BCUT2D eigenvalue weighted by molar-refractivity contribution is 6.30. The molecular formula is C27H28ClN2O3+. The van der Waals surface area contributed by atoms with Crippen LogP contribution in [0.25, 0.3) is 10.9 Å². The van der Waals surface area contributed by atoms with Crippen LogP contribution in [0.1, 0.15) is 34.9 Å². The molecule has 1 aromatic heterocycles. The van der Waals surface area contributed by atoms with E-state index in [1.165, 1.54) is 11.3 Å². The Morgan fingerprint density at radius 3 is 2.76 bits per heavy atom. The average Bonchev–Trinajstić information content (AvgIpc) is 2.87. The summed E-state index contributed by atoms with van der Waals surface area (Å²) in [5, 5.41) is 1.54. The summed E-state index contributed by atoms with van der Waals surface area (Å²) in [5.74, 6) is 1.51. The van der Waals surface area contributed by atoms with Crippen molar-refractivity contribution in [1.29, 1.82) is 0 Å². The van der Waals surface area contributed by atoms with E-state index < -0.39 is 6.10 Å². The van der Waals surface area contributed by atoms with Crippen LogP contribution in [0.4, 0.5) is 0 Å². The molecule has 0 radical (unpaired) electrons. The lowest BCUT2D eigenvalue weighted by Crippen LogP contribution is -3.20. The molecular weight excluding hydrogens is 436 g/mol. The summed E-state index contributed by atoms with van der Waals surface area (Å²) < 4.78 is 11.8. The van der Waals surface area contributed by atoms with Crippen LogP contribution < -0.4 is 9.64 Å². The van der Waals surface area contributed by atoms with Crippen molar-refractivity contribution in [2.24, 2.45) is 11.8 Å². The lowest BCUT2D eigenvalue weighted by atomic mass is 9.73. The van der Waals surface area contributed by atoms with E-state index in [9.17, 15) is 4.79 Å². The van der Waals surface area contributed by atoms with Gasteiger partial charge in [0.05, 0.1) is 31.3 Å². The Morgan fingerprint density at radius 1 is 1.24 bits per heavy atom. The molecule has 2 aromatic carbocycles. The molecule has 2 bridgehead atoms. The topological polar surface area (TPSA) is 52.9 Å². The zero-order valence-electron chi connectivity index (χ0n) is 18.7. The van der Waals surface area contributed by atoms with Crippen LogP contribution in [0.5, 0.6) is 5.75 Å². The number of piperidine rings is 3. The molecule has 5 atom stereocenters. The molecule has 4 heterocycles.